The molecule has 1 heterocycles. The standard InChI is InChI=1S/C15H28ClN3/c1-5-13(2)14(3)12-15(17-4)19-10-8-18(7-6-16)9-11-19/h12-13H,5-11H2,1-4H3/b14-12-,17-15?. The highest BCUT2D eigenvalue weighted by atomic mass is 35.5. The number of piperazine rings is 1. The lowest BCUT2D eigenvalue weighted by Gasteiger charge is -2.35. The summed E-state index contributed by atoms with van der Waals surface area (Å²) in [4.78, 5) is 9.27. The van der Waals surface area contributed by atoms with E-state index >= 15 is 0 Å². The first kappa shape index (κ1) is 16.5. The maximum Gasteiger partial charge on any atom is 0.123 e. The zero-order valence-corrected chi connectivity index (χ0v) is 13.6. The zero-order valence-electron chi connectivity index (χ0n) is 12.8. The van der Waals surface area contributed by atoms with Gasteiger partial charge in [-0.05, 0) is 25.3 Å². The van der Waals surface area contributed by atoms with Gasteiger partial charge < -0.3 is 4.90 Å². The first-order chi connectivity index (χ1) is 9.12. The number of rotatable bonds is 5. The van der Waals surface area contributed by atoms with Gasteiger partial charge in [-0.15, -0.1) is 11.6 Å². The summed E-state index contributed by atoms with van der Waals surface area (Å²) in [6.07, 6.45) is 3.44. The van der Waals surface area contributed by atoms with E-state index in [0.717, 1.165) is 44.4 Å². The van der Waals surface area contributed by atoms with Crippen molar-refractivity contribution in [2.45, 2.75) is 27.2 Å². The van der Waals surface area contributed by atoms with Crippen LogP contribution in [0.15, 0.2) is 16.6 Å². The molecule has 1 atom stereocenters. The fourth-order valence-corrected chi connectivity index (χ4v) is 2.52. The van der Waals surface area contributed by atoms with Crippen LogP contribution in [0.1, 0.15) is 27.2 Å². The Kier molecular flexibility index (Phi) is 7.47. The SMILES string of the molecule is CCC(C)/C(C)=C\C(=NC)N1CCN(CCCl)CC1. The van der Waals surface area contributed by atoms with Gasteiger partial charge in [0.2, 0.25) is 0 Å². The summed E-state index contributed by atoms with van der Waals surface area (Å²) in [5.41, 5.74) is 1.42. The van der Waals surface area contributed by atoms with Gasteiger partial charge in [-0.3, -0.25) is 9.89 Å². The molecule has 0 saturated carbocycles. The Morgan fingerprint density at radius 1 is 1.32 bits per heavy atom. The van der Waals surface area contributed by atoms with Crippen LogP contribution in [-0.4, -0.2) is 61.3 Å². The number of nitrogens with zero attached hydrogens (tertiary/aromatic N) is 3. The quantitative estimate of drug-likeness (QED) is 0.439. The van der Waals surface area contributed by atoms with Crippen molar-refractivity contribution in [2.75, 3.05) is 45.7 Å². The molecule has 0 aromatic heterocycles. The van der Waals surface area contributed by atoms with E-state index in [1.165, 1.54) is 12.0 Å². The average Bonchev–Trinajstić information content (AvgIpc) is 2.45. The number of allylic oxidation sites excluding steroid dienone is 1. The maximum absolute atomic E-state index is 5.79. The topological polar surface area (TPSA) is 18.8 Å². The molecule has 4 heteroatoms. The van der Waals surface area contributed by atoms with Gasteiger partial charge in [0.05, 0.1) is 0 Å². The molecular weight excluding hydrogens is 258 g/mol. The fourth-order valence-electron chi connectivity index (χ4n) is 2.29. The van der Waals surface area contributed by atoms with E-state index in [1.54, 1.807) is 0 Å². The van der Waals surface area contributed by atoms with Crippen LogP contribution in [0, 0.1) is 5.92 Å². The van der Waals surface area contributed by atoms with Gasteiger partial charge in [-0.2, -0.15) is 0 Å². The van der Waals surface area contributed by atoms with Crippen LogP contribution < -0.4 is 0 Å². The third-order valence-corrected chi connectivity index (χ3v) is 4.24. The normalized spacial score (nSPS) is 20.8. The molecule has 110 valence electrons. The largest absolute Gasteiger partial charge is 0.354 e. The Hall–Kier alpha value is -0.540. The van der Waals surface area contributed by atoms with Crippen LogP contribution in [0.2, 0.25) is 0 Å². The van der Waals surface area contributed by atoms with Gasteiger partial charge in [-0.1, -0.05) is 19.4 Å². The highest BCUT2D eigenvalue weighted by Gasteiger charge is 2.18. The lowest BCUT2D eigenvalue weighted by Crippen LogP contribution is -2.48. The number of alkyl halides is 1. The van der Waals surface area contributed by atoms with Gasteiger partial charge in [-0.25, -0.2) is 0 Å². The smallest absolute Gasteiger partial charge is 0.123 e. The van der Waals surface area contributed by atoms with Crippen LogP contribution in [0.5, 0.6) is 0 Å². The molecule has 0 amide bonds. The minimum atomic E-state index is 0.634. The number of hydrogen-bond acceptors (Lipinski definition) is 2. The van der Waals surface area contributed by atoms with E-state index < -0.39 is 0 Å². The average molecular weight is 286 g/mol. The third kappa shape index (κ3) is 5.15. The summed E-state index contributed by atoms with van der Waals surface area (Å²) in [6, 6.07) is 0. The van der Waals surface area contributed by atoms with Crippen molar-refractivity contribution in [1.82, 2.24) is 9.80 Å². The monoisotopic (exact) mass is 285 g/mol. The molecule has 1 rings (SSSR count). The number of halogens is 1. The minimum Gasteiger partial charge on any atom is -0.354 e. The van der Waals surface area contributed by atoms with E-state index in [0.29, 0.717) is 5.92 Å². The minimum absolute atomic E-state index is 0.634. The highest BCUT2D eigenvalue weighted by molar-refractivity contribution is 6.18. The molecule has 1 unspecified atom stereocenters. The van der Waals surface area contributed by atoms with Crippen molar-refractivity contribution in [3.8, 4) is 0 Å². The molecule has 19 heavy (non-hydrogen) atoms. The summed E-state index contributed by atoms with van der Waals surface area (Å²) in [5.74, 6) is 2.49. The first-order valence-electron chi connectivity index (χ1n) is 7.30. The van der Waals surface area contributed by atoms with Crippen LogP contribution in [0.3, 0.4) is 0 Å². The van der Waals surface area contributed by atoms with Crippen molar-refractivity contribution in [2.24, 2.45) is 10.9 Å². The van der Waals surface area contributed by atoms with Crippen LogP contribution in [0.4, 0.5) is 0 Å². The summed E-state index contributed by atoms with van der Waals surface area (Å²) in [6.45, 7) is 12.0. The third-order valence-electron chi connectivity index (χ3n) is 4.07. The van der Waals surface area contributed by atoms with E-state index in [2.05, 4.69) is 41.6 Å². The first-order valence-corrected chi connectivity index (χ1v) is 7.84. The van der Waals surface area contributed by atoms with Crippen molar-refractivity contribution in [3.05, 3.63) is 11.6 Å². The van der Waals surface area contributed by atoms with Gasteiger partial charge >= 0.3 is 0 Å². The molecular formula is C15H28ClN3. The molecule has 1 aliphatic heterocycles. The number of aliphatic imine (C=N–C) groups is 1. The van der Waals surface area contributed by atoms with Crippen molar-refractivity contribution < 1.29 is 0 Å². The second-order valence-electron chi connectivity index (χ2n) is 5.30. The van der Waals surface area contributed by atoms with Gasteiger partial charge in [0, 0.05) is 45.7 Å². The maximum atomic E-state index is 5.79. The molecule has 0 radical (unpaired) electrons. The predicted molar refractivity (Wildman–Crippen MR) is 85.3 cm³/mol. The zero-order chi connectivity index (χ0) is 14.3. The Balaban J connectivity index is 2.59. The second-order valence-corrected chi connectivity index (χ2v) is 5.68. The Morgan fingerprint density at radius 3 is 2.42 bits per heavy atom. The van der Waals surface area contributed by atoms with E-state index in [1.807, 2.05) is 7.05 Å². The van der Waals surface area contributed by atoms with Gasteiger partial charge in [0.1, 0.15) is 5.84 Å². The van der Waals surface area contributed by atoms with Crippen LogP contribution in [0.25, 0.3) is 0 Å². The van der Waals surface area contributed by atoms with Crippen molar-refractivity contribution >= 4 is 17.4 Å². The Morgan fingerprint density at radius 2 is 1.95 bits per heavy atom. The van der Waals surface area contributed by atoms with Crippen molar-refractivity contribution in [1.29, 1.82) is 0 Å². The van der Waals surface area contributed by atoms with Crippen LogP contribution >= 0.6 is 11.6 Å². The van der Waals surface area contributed by atoms with E-state index in [9.17, 15) is 0 Å². The highest BCUT2D eigenvalue weighted by Crippen LogP contribution is 2.14. The lowest BCUT2D eigenvalue weighted by molar-refractivity contribution is 0.191. The molecule has 1 saturated heterocycles. The second kappa shape index (κ2) is 8.60. The lowest BCUT2D eigenvalue weighted by atomic mass is 9.99. The molecule has 0 aromatic rings. The molecule has 0 spiro atoms. The molecule has 1 aliphatic rings. The molecule has 0 aromatic carbocycles. The van der Waals surface area contributed by atoms with E-state index in [4.69, 9.17) is 11.6 Å². The summed E-state index contributed by atoms with van der Waals surface area (Å²) in [7, 11) is 1.89. The summed E-state index contributed by atoms with van der Waals surface area (Å²) in [5, 5.41) is 0. The summed E-state index contributed by atoms with van der Waals surface area (Å²) >= 11 is 5.79. The fraction of sp³-hybridized carbons (Fsp3) is 0.800. The van der Waals surface area contributed by atoms with Crippen LogP contribution in [-0.2, 0) is 0 Å². The number of amidine groups is 1. The summed E-state index contributed by atoms with van der Waals surface area (Å²) < 4.78 is 0. The van der Waals surface area contributed by atoms with E-state index in [-0.39, 0.29) is 0 Å². The number of hydrogen-bond donors (Lipinski definition) is 0. The Labute approximate surface area is 123 Å². The van der Waals surface area contributed by atoms with Gasteiger partial charge in [0.25, 0.3) is 0 Å². The Bertz CT molecular complexity index is 317. The van der Waals surface area contributed by atoms with Crippen molar-refractivity contribution in [3.63, 3.8) is 0 Å². The van der Waals surface area contributed by atoms with Gasteiger partial charge in [0.15, 0.2) is 0 Å². The predicted octanol–water partition coefficient (Wildman–Crippen LogP) is 2.86. The molecule has 0 N–H and O–H groups in total. The molecule has 0 aliphatic carbocycles. The molecule has 3 nitrogen and oxygen atoms in total. The molecule has 1 fully saturated rings. The molecule has 0 bridgehead atoms.